The Kier molecular flexibility index (Phi) is 5.52. The van der Waals surface area contributed by atoms with Crippen molar-refractivity contribution in [2.75, 3.05) is 13.2 Å². The predicted octanol–water partition coefficient (Wildman–Crippen LogP) is 1.39. The van der Waals surface area contributed by atoms with Crippen molar-refractivity contribution in [2.45, 2.75) is 6.54 Å². The van der Waals surface area contributed by atoms with Gasteiger partial charge in [-0.25, -0.2) is 0 Å². The Morgan fingerprint density at radius 1 is 1.41 bits per heavy atom. The number of carbonyl (C=O) groups is 1. The van der Waals surface area contributed by atoms with Crippen LogP contribution in [0.25, 0.3) is 0 Å². The summed E-state index contributed by atoms with van der Waals surface area (Å²) in [5.74, 6) is 0.130. The molecule has 0 radical (unpaired) electrons. The van der Waals surface area contributed by atoms with Crippen LogP contribution in [0.5, 0.6) is 5.75 Å². The third-order valence-electron chi connectivity index (χ3n) is 1.95. The topological polar surface area (TPSA) is 64.3 Å². The molecule has 1 aromatic rings. The van der Waals surface area contributed by atoms with E-state index in [1.165, 1.54) is 0 Å². The van der Waals surface area contributed by atoms with Crippen LogP contribution in [0.1, 0.15) is 5.56 Å². The second-order valence-corrected chi connectivity index (χ2v) is 4.05. The van der Waals surface area contributed by atoms with Crippen molar-refractivity contribution in [3.63, 3.8) is 0 Å². The molecule has 0 aliphatic rings. The zero-order chi connectivity index (χ0) is 12.7. The normalized spacial score (nSPS) is 9.94. The van der Waals surface area contributed by atoms with Gasteiger partial charge in [-0.15, -0.1) is 0 Å². The SMILES string of the molecule is C=C(Cl)CNCc1ccc(OCC(N)=O)cc1. The molecule has 0 aliphatic carbocycles. The molecule has 1 rings (SSSR count). The van der Waals surface area contributed by atoms with E-state index in [1.54, 1.807) is 12.1 Å². The molecule has 5 heteroatoms. The van der Waals surface area contributed by atoms with E-state index in [9.17, 15) is 4.79 Å². The van der Waals surface area contributed by atoms with Gasteiger partial charge in [0.15, 0.2) is 6.61 Å². The van der Waals surface area contributed by atoms with Gasteiger partial charge in [0.05, 0.1) is 0 Å². The standard InChI is InChI=1S/C12H15ClN2O2/c1-9(13)6-15-7-10-2-4-11(5-3-10)17-8-12(14)16/h2-5,15H,1,6-8H2,(H2,14,16). The monoisotopic (exact) mass is 254 g/mol. The molecular formula is C12H15ClN2O2. The fourth-order valence-electron chi connectivity index (χ4n) is 1.20. The number of halogens is 1. The molecule has 0 saturated carbocycles. The summed E-state index contributed by atoms with van der Waals surface area (Å²) >= 11 is 5.62. The Morgan fingerprint density at radius 2 is 2.06 bits per heavy atom. The van der Waals surface area contributed by atoms with Crippen LogP contribution in [-0.2, 0) is 11.3 Å². The van der Waals surface area contributed by atoms with E-state index in [0.29, 0.717) is 23.9 Å². The first-order valence-electron chi connectivity index (χ1n) is 5.12. The largest absolute Gasteiger partial charge is 0.484 e. The summed E-state index contributed by atoms with van der Waals surface area (Å²) in [5, 5.41) is 3.70. The molecule has 0 unspecified atom stereocenters. The number of primary amides is 1. The molecule has 17 heavy (non-hydrogen) atoms. The zero-order valence-corrected chi connectivity index (χ0v) is 10.2. The molecule has 1 amide bonds. The van der Waals surface area contributed by atoms with E-state index in [1.807, 2.05) is 12.1 Å². The minimum Gasteiger partial charge on any atom is -0.484 e. The van der Waals surface area contributed by atoms with Gasteiger partial charge in [0.2, 0.25) is 0 Å². The first-order valence-corrected chi connectivity index (χ1v) is 5.50. The smallest absolute Gasteiger partial charge is 0.255 e. The summed E-state index contributed by atoms with van der Waals surface area (Å²) < 4.78 is 5.13. The highest BCUT2D eigenvalue weighted by Crippen LogP contribution is 2.11. The highest BCUT2D eigenvalue weighted by Gasteiger charge is 1.98. The van der Waals surface area contributed by atoms with Gasteiger partial charge in [-0.3, -0.25) is 4.79 Å². The maximum Gasteiger partial charge on any atom is 0.255 e. The molecule has 0 saturated heterocycles. The minimum absolute atomic E-state index is 0.107. The van der Waals surface area contributed by atoms with Crippen molar-refractivity contribution in [1.29, 1.82) is 0 Å². The Bertz CT molecular complexity index is 390. The Morgan fingerprint density at radius 3 is 2.59 bits per heavy atom. The Hall–Kier alpha value is -1.52. The Balaban J connectivity index is 2.39. The predicted molar refractivity (Wildman–Crippen MR) is 67.8 cm³/mol. The van der Waals surface area contributed by atoms with Gasteiger partial charge in [-0.05, 0) is 17.7 Å². The number of ether oxygens (including phenoxy) is 1. The molecule has 0 aliphatic heterocycles. The van der Waals surface area contributed by atoms with E-state index in [-0.39, 0.29) is 6.61 Å². The average Bonchev–Trinajstić information content (AvgIpc) is 2.27. The number of hydrogen-bond acceptors (Lipinski definition) is 3. The van der Waals surface area contributed by atoms with Crippen LogP contribution >= 0.6 is 11.6 Å². The van der Waals surface area contributed by atoms with Crippen LogP contribution in [0.15, 0.2) is 35.9 Å². The van der Waals surface area contributed by atoms with Crippen LogP contribution in [0, 0.1) is 0 Å². The molecule has 0 aromatic heterocycles. The van der Waals surface area contributed by atoms with Crippen LogP contribution in [0.2, 0.25) is 0 Å². The number of nitrogens with two attached hydrogens (primary N) is 1. The first kappa shape index (κ1) is 13.5. The fraction of sp³-hybridized carbons (Fsp3) is 0.250. The average molecular weight is 255 g/mol. The van der Waals surface area contributed by atoms with E-state index in [2.05, 4.69) is 11.9 Å². The lowest BCUT2D eigenvalue weighted by Crippen LogP contribution is -2.20. The van der Waals surface area contributed by atoms with Crippen LogP contribution in [0.3, 0.4) is 0 Å². The van der Waals surface area contributed by atoms with Crippen molar-refractivity contribution in [2.24, 2.45) is 5.73 Å². The van der Waals surface area contributed by atoms with Gasteiger partial charge in [0.25, 0.3) is 5.91 Å². The zero-order valence-electron chi connectivity index (χ0n) is 9.41. The first-order chi connectivity index (χ1) is 8.08. The van der Waals surface area contributed by atoms with Crippen LogP contribution < -0.4 is 15.8 Å². The molecule has 1 aromatic carbocycles. The summed E-state index contributed by atoms with van der Waals surface area (Å²) in [5.41, 5.74) is 6.06. The molecule has 0 bridgehead atoms. The number of hydrogen-bond donors (Lipinski definition) is 2. The quantitative estimate of drug-likeness (QED) is 0.773. The maximum atomic E-state index is 10.5. The molecule has 4 nitrogen and oxygen atoms in total. The summed E-state index contributed by atoms with van der Waals surface area (Å²) in [6.45, 7) is 4.74. The highest BCUT2D eigenvalue weighted by molar-refractivity contribution is 6.29. The number of carbonyl (C=O) groups excluding carboxylic acids is 1. The third kappa shape index (κ3) is 5.94. The second kappa shape index (κ2) is 6.93. The lowest BCUT2D eigenvalue weighted by Gasteiger charge is -2.06. The fourth-order valence-corrected chi connectivity index (χ4v) is 1.29. The molecular weight excluding hydrogens is 240 g/mol. The van der Waals surface area contributed by atoms with Gasteiger partial charge in [0, 0.05) is 18.1 Å². The molecule has 0 heterocycles. The van der Waals surface area contributed by atoms with Crippen molar-refractivity contribution < 1.29 is 9.53 Å². The maximum absolute atomic E-state index is 10.5. The molecule has 92 valence electrons. The molecule has 0 atom stereocenters. The van der Waals surface area contributed by atoms with Gasteiger partial charge in [-0.2, -0.15) is 0 Å². The summed E-state index contributed by atoms with van der Waals surface area (Å²) in [6, 6.07) is 7.38. The van der Waals surface area contributed by atoms with Gasteiger partial charge in [-0.1, -0.05) is 30.3 Å². The van der Waals surface area contributed by atoms with Crippen molar-refractivity contribution in [1.82, 2.24) is 5.32 Å². The summed E-state index contributed by atoms with van der Waals surface area (Å²) in [7, 11) is 0. The minimum atomic E-state index is -0.489. The number of rotatable bonds is 7. The molecule has 0 fully saturated rings. The Labute approximate surface area is 105 Å². The van der Waals surface area contributed by atoms with E-state index < -0.39 is 5.91 Å². The van der Waals surface area contributed by atoms with E-state index >= 15 is 0 Å². The van der Waals surface area contributed by atoms with E-state index in [0.717, 1.165) is 5.56 Å². The lowest BCUT2D eigenvalue weighted by molar-refractivity contribution is -0.119. The van der Waals surface area contributed by atoms with Crippen molar-refractivity contribution >= 4 is 17.5 Å². The van der Waals surface area contributed by atoms with E-state index in [4.69, 9.17) is 22.1 Å². The van der Waals surface area contributed by atoms with Crippen LogP contribution in [0.4, 0.5) is 0 Å². The molecule has 0 spiro atoms. The summed E-state index contributed by atoms with van der Waals surface area (Å²) in [4.78, 5) is 10.5. The number of benzene rings is 1. The van der Waals surface area contributed by atoms with Crippen molar-refractivity contribution in [3.8, 4) is 5.75 Å². The van der Waals surface area contributed by atoms with Crippen molar-refractivity contribution in [3.05, 3.63) is 41.4 Å². The van der Waals surface area contributed by atoms with Crippen LogP contribution in [-0.4, -0.2) is 19.1 Å². The van der Waals surface area contributed by atoms with Gasteiger partial charge >= 0.3 is 0 Å². The number of nitrogens with one attached hydrogen (secondary N) is 1. The van der Waals surface area contributed by atoms with Gasteiger partial charge < -0.3 is 15.8 Å². The third-order valence-corrected chi connectivity index (χ3v) is 2.08. The van der Waals surface area contributed by atoms with Gasteiger partial charge in [0.1, 0.15) is 5.75 Å². The molecule has 3 N–H and O–H groups in total. The number of amides is 1. The second-order valence-electron chi connectivity index (χ2n) is 3.52. The lowest BCUT2D eigenvalue weighted by atomic mass is 10.2. The highest BCUT2D eigenvalue weighted by atomic mass is 35.5. The summed E-state index contributed by atoms with van der Waals surface area (Å²) in [6.07, 6.45) is 0.